The van der Waals surface area contributed by atoms with E-state index in [-0.39, 0.29) is 12.3 Å². The number of nitrogens with one attached hydrogen (secondary N) is 1. The molecule has 0 radical (unpaired) electrons. The van der Waals surface area contributed by atoms with E-state index >= 15 is 0 Å². The molecule has 1 amide bonds. The van der Waals surface area contributed by atoms with Crippen molar-refractivity contribution in [1.29, 1.82) is 0 Å². The van der Waals surface area contributed by atoms with Crippen LogP contribution in [0, 0.1) is 0 Å². The predicted molar refractivity (Wildman–Crippen MR) is 106 cm³/mol. The first-order chi connectivity index (χ1) is 14.8. The number of rotatable bonds is 8. The van der Waals surface area contributed by atoms with Crippen molar-refractivity contribution in [2.24, 2.45) is 0 Å². The Labute approximate surface area is 176 Å². The summed E-state index contributed by atoms with van der Waals surface area (Å²) in [6, 6.07) is 11.3. The number of carbonyl (C=O) groups is 1. The summed E-state index contributed by atoms with van der Waals surface area (Å²) in [7, 11) is 3.06. The van der Waals surface area contributed by atoms with E-state index in [4.69, 9.17) is 14.2 Å². The Morgan fingerprint density at radius 2 is 1.87 bits per heavy atom. The third-order valence-electron chi connectivity index (χ3n) is 4.32. The summed E-state index contributed by atoms with van der Waals surface area (Å²) in [6.07, 6.45) is -2.98. The lowest BCUT2D eigenvalue weighted by atomic mass is 10.2. The topological polar surface area (TPSA) is 74.6 Å². The number of hydrogen-bond donors (Lipinski definition) is 1. The van der Waals surface area contributed by atoms with Gasteiger partial charge in [0.15, 0.2) is 18.1 Å². The Hall–Kier alpha value is -3.69. The Kier molecular flexibility index (Phi) is 6.68. The van der Waals surface area contributed by atoms with Gasteiger partial charge in [0, 0.05) is 11.6 Å². The molecule has 3 rings (SSSR count). The van der Waals surface area contributed by atoms with Crippen LogP contribution in [0.3, 0.4) is 0 Å². The second-order valence-electron chi connectivity index (χ2n) is 6.39. The van der Waals surface area contributed by atoms with E-state index in [2.05, 4.69) is 10.4 Å². The van der Waals surface area contributed by atoms with Gasteiger partial charge in [-0.05, 0) is 24.3 Å². The fourth-order valence-corrected chi connectivity index (χ4v) is 2.89. The van der Waals surface area contributed by atoms with Gasteiger partial charge in [-0.25, -0.2) is 4.68 Å². The average molecular weight is 435 g/mol. The van der Waals surface area contributed by atoms with Crippen molar-refractivity contribution in [2.45, 2.75) is 12.7 Å². The second-order valence-corrected chi connectivity index (χ2v) is 6.39. The molecule has 1 aromatic heterocycles. The molecule has 0 atom stereocenters. The quantitative estimate of drug-likeness (QED) is 0.579. The number of ether oxygens (including phenoxy) is 3. The van der Waals surface area contributed by atoms with E-state index < -0.39 is 24.3 Å². The third kappa shape index (κ3) is 5.47. The summed E-state index contributed by atoms with van der Waals surface area (Å²) in [5.41, 5.74) is -0.0722. The first-order valence-corrected chi connectivity index (χ1v) is 9.13. The van der Waals surface area contributed by atoms with Crippen LogP contribution in [0.2, 0.25) is 0 Å². The zero-order chi connectivity index (χ0) is 22.4. The molecule has 164 valence electrons. The molecule has 0 unspecified atom stereocenters. The largest absolute Gasteiger partial charge is 0.493 e. The molecule has 0 aliphatic heterocycles. The van der Waals surface area contributed by atoms with Crippen molar-refractivity contribution in [3.63, 3.8) is 0 Å². The first-order valence-electron chi connectivity index (χ1n) is 9.13. The fourth-order valence-electron chi connectivity index (χ4n) is 2.89. The van der Waals surface area contributed by atoms with E-state index in [1.165, 1.54) is 32.5 Å². The lowest BCUT2D eigenvalue weighted by Crippen LogP contribution is -2.22. The molecule has 0 fully saturated rings. The van der Waals surface area contributed by atoms with Gasteiger partial charge in [0.05, 0.1) is 32.5 Å². The average Bonchev–Trinajstić information content (AvgIpc) is 3.18. The molecule has 0 saturated carbocycles. The summed E-state index contributed by atoms with van der Waals surface area (Å²) < 4.78 is 55.8. The molecule has 7 nitrogen and oxygen atoms in total. The van der Waals surface area contributed by atoms with Gasteiger partial charge in [-0.3, -0.25) is 4.79 Å². The van der Waals surface area contributed by atoms with Gasteiger partial charge in [-0.15, -0.1) is 0 Å². The Balaban J connectivity index is 1.65. The Morgan fingerprint density at radius 1 is 1.10 bits per heavy atom. The van der Waals surface area contributed by atoms with Crippen LogP contribution < -0.4 is 19.5 Å². The number of methoxy groups -OCH3 is 2. The highest BCUT2D eigenvalue weighted by molar-refractivity contribution is 5.91. The first kappa shape index (κ1) is 22.0. The molecule has 0 spiro atoms. The number of hydrogen-bond acceptors (Lipinski definition) is 5. The van der Waals surface area contributed by atoms with Crippen molar-refractivity contribution >= 4 is 11.7 Å². The van der Waals surface area contributed by atoms with E-state index in [1.807, 2.05) is 6.07 Å². The van der Waals surface area contributed by atoms with Crippen LogP contribution in [0.5, 0.6) is 17.2 Å². The highest BCUT2D eigenvalue weighted by atomic mass is 19.4. The monoisotopic (exact) mass is 435 g/mol. The molecule has 10 heteroatoms. The highest BCUT2D eigenvalue weighted by Crippen LogP contribution is 2.32. The molecule has 0 saturated heterocycles. The van der Waals surface area contributed by atoms with Gasteiger partial charge in [0.1, 0.15) is 11.6 Å². The summed E-state index contributed by atoms with van der Waals surface area (Å²) in [4.78, 5) is 12.2. The van der Waals surface area contributed by atoms with Gasteiger partial charge < -0.3 is 19.5 Å². The summed E-state index contributed by atoms with van der Waals surface area (Å²) in [6.45, 7) is -0.174. The second kappa shape index (κ2) is 9.41. The maximum absolute atomic E-state index is 12.8. The maximum Gasteiger partial charge on any atom is 0.416 e. The van der Waals surface area contributed by atoms with Crippen molar-refractivity contribution in [3.8, 4) is 17.2 Å². The molecule has 3 aromatic rings. The number of alkyl halides is 3. The number of para-hydroxylation sites is 1. The number of aromatic nitrogens is 2. The zero-order valence-electron chi connectivity index (χ0n) is 16.8. The minimum absolute atomic E-state index is 0.0559. The number of carbonyl (C=O) groups excluding carboxylic acids is 1. The molecular weight excluding hydrogens is 415 g/mol. The minimum Gasteiger partial charge on any atom is -0.493 e. The minimum atomic E-state index is -4.49. The standard InChI is InChI=1S/C21H20F3N3O4/c1-29-17-8-3-5-14(20(17)30-2)12-27-18(9-10-25-27)26-19(28)13-31-16-7-4-6-15(11-16)21(22,23)24/h3-11H,12-13H2,1-2H3,(H,26,28). The van der Waals surface area contributed by atoms with Crippen LogP contribution in [-0.4, -0.2) is 36.5 Å². The van der Waals surface area contributed by atoms with Crippen molar-refractivity contribution in [2.75, 3.05) is 26.1 Å². The fraction of sp³-hybridized carbons (Fsp3) is 0.238. The number of halogens is 3. The van der Waals surface area contributed by atoms with Crippen LogP contribution in [-0.2, 0) is 17.5 Å². The van der Waals surface area contributed by atoms with Crippen molar-refractivity contribution in [1.82, 2.24) is 9.78 Å². The van der Waals surface area contributed by atoms with E-state index in [1.54, 1.807) is 22.9 Å². The van der Waals surface area contributed by atoms with Crippen LogP contribution in [0.15, 0.2) is 54.7 Å². The van der Waals surface area contributed by atoms with Gasteiger partial charge in [-0.1, -0.05) is 18.2 Å². The molecule has 0 bridgehead atoms. The zero-order valence-corrected chi connectivity index (χ0v) is 16.8. The molecule has 1 heterocycles. The lowest BCUT2D eigenvalue weighted by molar-refractivity contribution is -0.137. The Bertz CT molecular complexity index is 1050. The van der Waals surface area contributed by atoms with Crippen LogP contribution >= 0.6 is 0 Å². The third-order valence-corrected chi connectivity index (χ3v) is 4.32. The molecule has 2 aromatic carbocycles. The summed E-state index contributed by atoms with van der Waals surface area (Å²) in [5, 5.41) is 6.83. The van der Waals surface area contributed by atoms with Gasteiger partial charge in [0.2, 0.25) is 0 Å². The normalized spacial score (nSPS) is 11.1. The van der Waals surface area contributed by atoms with E-state index in [0.717, 1.165) is 17.7 Å². The number of amides is 1. The molecular formula is C21H20F3N3O4. The molecule has 31 heavy (non-hydrogen) atoms. The summed E-state index contributed by atoms with van der Waals surface area (Å²) >= 11 is 0. The number of benzene rings is 2. The lowest BCUT2D eigenvalue weighted by Gasteiger charge is -2.14. The molecule has 0 aliphatic carbocycles. The van der Waals surface area contributed by atoms with Crippen molar-refractivity contribution < 1.29 is 32.2 Å². The van der Waals surface area contributed by atoms with Gasteiger partial charge in [0.25, 0.3) is 5.91 Å². The van der Waals surface area contributed by atoms with Gasteiger partial charge in [-0.2, -0.15) is 18.3 Å². The van der Waals surface area contributed by atoms with E-state index in [9.17, 15) is 18.0 Å². The number of nitrogens with zero attached hydrogens (tertiary/aromatic N) is 2. The molecule has 1 N–H and O–H groups in total. The predicted octanol–water partition coefficient (Wildman–Crippen LogP) is 3.98. The smallest absolute Gasteiger partial charge is 0.416 e. The highest BCUT2D eigenvalue weighted by Gasteiger charge is 2.30. The van der Waals surface area contributed by atoms with Crippen LogP contribution in [0.4, 0.5) is 19.0 Å². The number of anilines is 1. The maximum atomic E-state index is 12.8. The van der Waals surface area contributed by atoms with E-state index in [0.29, 0.717) is 17.3 Å². The van der Waals surface area contributed by atoms with Crippen LogP contribution in [0.1, 0.15) is 11.1 Å². The van der Waals surface area contributed by atoms with Gasteiger partial charge >= 0.3 is 6.18 Å². The summed E-state index contributed by atoms with van der Waals surface area (Å²) in [5.74, 6) is 0.900. The molecule has 0 aliphatic rings. The van der Waals surface area contributed by atoms with Crippen molar-refractivity contribution in [3.05, 3.63) is 65.9 Å². The SMILES string of the molecule is COc1cccc(Cn2nccc2NC(=O)COc2cccc(C(F)(F)F)c2)c1OC. The van der Waals surface area contributed by atoms with Crippen LogP contribution in [0.25, 0.3) is 0 Å². The Morgan fingerprint density at radius 3 is 2.58 bits per heavy atom.